The maximum atomic E-state index is 12.3. The molecule has 0 radical (unpaired) electrons. The third-order valence-corrected chi connectivity index (χ3v) is 3.43. The number of nitrogens with zero attached hydrogens (tertiary/aromatic N) is 1. The third-order valence-electron chi connectivity index (χ3n) is 3.19. The van der Waals surface area contributed by atoms with Gasteiger partial charge < -0.3 is 10.6 Å². The van der Waals surface area contributed by atoms with Crippen LogP contribution in [0.5, 0.6) is 0 Å². The fraction of sp³-hybridized carbons (Fsp3) is 0. The van der Waals surface area contributed by atoms with E-state index in [1.54, 1.807) is 18.2 Å². The van der Waals surface area contributed by atoms with Crippen molar-refractivity contribution in [3.05, 3.63) is 81.7 Å². The molecule has 24 heavy (non-hydrogen) atoms. The van der Waals surface area contributed by atoms with Gasteiger partial charge in [0.15, 0.2) is 0 Å². The number of aromatic amines is 1. The van der Waals surface area contributed by atoms with Crippen molar-refractivity contribution in [2.45, 2.75) is 0 Å². The summed E-state index contributed by atoms with van der Waals surface area (Å²) in [5.41, 5.74) is 1.78. The van der Waals surface area contributed by atoms with Crippen LogP contribution in [0.25, 0.3) is 0 Å². The average molecular weight is 341 g/mol. The molecule has 0 aliphatic carbocycles. The number of anilines is 3. The molecule has 1 aromatic heterocycles. The van der Waals surface area contributed by atoms with E-state index in [0.29, 0.717) is 16.4 Å². The first-order chi connectivity index (χ1) is 11.6. The smallest absolute Gasteiger partial charge is 0.276 e. The van der Waals surface area contributed by atoms with Crippen molar-refractivity contribution in [3.63, 3.8) is 0 Å². The van der Waals surface area contributed by atoms with E-state index in [2.05, 4.69) is 20.8 Å². The second-order valence-corrected chi connectivity index (χ2v) is 5.38. The molecule has 6 nitrogen and oxygen atoms in total. The molecule has 0 saturated heterocycles. The lowest BCUT2D eigenvalue weighted by molar-refractivity contribution is 0.102. The number of carbonyl (C=O) groups excluding carboxylic acids is 1. The zero-order chi connectivity index (χ0) is 16.9. The lowest BCUT2D eigenvalue weighted by Crippen LogP contribution is -2.18. The van der Waals surface area contributed by atoms with Crippen LogP contribution in [-0.4, -0.2) is 16.1 Å². The minimum atomic E-state index is -0.440. The molecule has 3 rings (SSSR count). The van der Waals surface area contributed by atoms with Gasteiger partial charge in [-0.2, -0.15) is 5.10 Å². The molecule has 1 heterocycles. The topological polar surface area (TPSA) is 86.9 Å². The van der Waals surface area contributed by atoms with Crippen molar-refractivity contribution in [1.29, 1.82) is 0 Å². The lowest BCUT2D eigenvalue weighted by Gasteiger charge is -2.13. The molecule has 0 fully saturated rings. The van der Waals surface area contributed by atoms with Crippen LogP contribution in [0.2, 0.25) is 5.02 Å². The van der Waals surface area contributed by atoms with Crippen molar-refractivity contribution in [2.24, 2.45) is 0 Å². The Morgan fingerprint density at radius 3 is 2.50 bits per heavy atom. The molecule has 0 bridgehead atoms. The number of rotatable bonds is 4. The molecule has 0 saturated carbocycles. The lowest BCUT2D eigenvalue weighted by atomic mass is 10.2. The van der Waals surface area contributed by atoms with Crippen LogP contribution >= 0.6 is 11.6 Å². The van der Waals surface area contributed by atoms with Crippen molar-refractivity contribution < 1.29 is 4.79 Å². The second-order valence-electron chi connectivity index (χ2n) is 4.94. The van der Waals surface area contributed by atoms with Crippen LogP contribution < -0.4 is 16.2 Å². The number of hydrogen-bond acceptors (Lipinski definition) is 4. The fourth-order valence-corrected chi connectivity index (χ4v) is 2.24. The predicted molar refractivity (Wildman–Crippen MR) is 94.0 cm³/mol. The maximum Gasteiger partial charge on any atom is 0.276 e. The molecular formula is C17H13ClN4O2. The van der Waals surface area contributed by atoms with E-state index in [-0.39, 0.29) is 11.3 Å². The summed E-state index contributed by atoms with van der Waals surface area (Å²) in [6.45, 7) is 0. The number of para-hydroxylation sites is 1. The van der Waals surface area contributed by atoms with Gasteiger partial charge in [0.1, 0.15) is 5.69 Å². The first-order valence-corrected chi connectivity index (χ1v) is 7.48. The molecule has 3 N–H and O–H groups in total. The summed E-state index contributed by atoms with van der Waals surface area (Å²) in [6, 6.07) is 17.2. The summed E-state index contributed by atoms with van der Waals surface area (Å²) >= 11 is 6.05. The molecule has 3 aromatic rings. The van der Waals surface area contributed by atoms with Gasteiger partial charge in [-0.25, -0.2) is 5.10 Å². The van der Waals surface area contributed by atoms with E-state index < -0.39 is 5.91 Å². The zero-order valence-corrected chi connectivity index (χ0v) is 13.2. The first-order valence-electron chi connectivity index (χ1n) is 7.10. The first kappa shape index (κ1) is 15.8. The molecule has 2 aromatic carbocycles. The predicted octanol–water partition coefficient (Wildman–Crippen LogP) is 3.42. The van der Waals surface area contributed by atoms with Gasteiger partial charge >= 0.3 is 0 Å². The summed E-state index contributed by atoms with van der Waals surface area (Å²) in [6.07, 6.45) is 0. The van der Waals surface area contributed by atoms with E-state index in [4.69, 9.17) is 11.6 Å². The van der Waals surface area contributed by atoms with Crippen LogP contribution in [-0.2, 0) is 0 Å². The van der Waals surface area contributed by atoms with Crippen molar-refractivity contribution in [2.75, 3.05) is 10.6 Å². The van der Waals surface area contributed by atoms with Crippen molar-refractivity contribution >= 4 is 34.6 Å². The molecule has 0 aliphatic heterocycles. The number of benzene rings is 2. The van der Waals surface area contributed by atoms with Crippen LogP contribution in [0.4, 0.5) is 17.1 Å². The number of carbonyl (C=O) groups is 1. The minimum Gasteiger partial charge on any atom is -0.354 e. The Morgan fingerprint density at radius 2 is 1.79 bits per heavy atom. The van der Waals surface area contributed by atoms with E-state index in [1.807, 2.05) is 30.3 Å². The Labute approximate surface area is 142 Å². The van der Waals surface area contributed by atoms with E-state index in [9.17, 15) is 9.59 Å². The standard InChI is InChI=1S/C17H13ClN4O2/c18-11-6-7-13(15(10-11)19-12-4-2-1-3-5-12)20-17(24)14-8-9-16(23)22-21-14/h1-10,19H,(H,20,24)(H,22,23). The quantitative estimate of drug-likeness (QED) is 0.679. The largest absolute Gasteiger partial charge is 0.354 e. The van der Waals surface area contributed by atoms with Gasteiger partial charge in [-0.1, -0.05) is 29.8 Å². The second kappa shape index (κ2) is 6.97. The average Bonchev–Trinajstić information content (AvgIpc) is 2.59. The van der Waals surface area contributed by atoms with Crippen LogP contribution in [0, 0.1) is 0 Å². The van der Waals surface area contributed by atoms with Crippen LogP contribution in [0.3, 0.4) is 0 Å². The number of hydrogen-bond donors (Lipinski definition) is 3. The minimum absolute atomic E-state index is 0.107. The van der Waals surface area contributed by atoms with Gasteiger partial charge in [-0.15, -0.1) is 0 Å². The molecule has 1 amide bonds. The van der Waals surface area contributed by atoms with Gasteiger partial charge in [0.05, 0.1) is 11.4 Å². The molecular weight excluding hydrogens is 328 g/mol. The molecule has 7 heteroatoms. The van der Waals surface area contributed by atoms with Gasteiger partial charge in [-0.3, -0.25) is 9.59 Å². The van der Waals surface area contributed by atoms with Crippen LogP contribution in [0.1, 0.15) is 10.5 Å². The SMILES string of the molecule is O=C(Nc1ccc(Cl)cc1Nc1ccccc1)c1ccc(=O)[nH]n1. The fourth-order valence-electron chi connectivity index (χ4n) is 2.06. The highest BCUT2D eigenvalue weighted by Crippen LogP contribution is 2.29. The number of nitrogens with one attached hydrogen (secondary N) is 3. The zero-order valence-electron chi connectivity index (χ0n) is 12.4. The molecule has 120 valence electrons. The third kappa shape index (κ3) is 3.80. The van der Waals surface area contributed by atoms with Gasteiger partial charge in [0.25, 0.3) is 11.5 Å². The number of amides is 1. The number of halogens is 1. The van der Waals surface area contributed by atoms with Gasteiger partial charge in [0, 0.05) is 16.8 Å². The molecule has 0 atom stereocenters. The Hall–Kier alpha value is -3.12. The van der Waals surface area contributed by atoms with E-state index in [1.165, 1.54) is 12.1 Å². The monoisotopic (exact) mass is 340 g/mol. The summed E-state index contributed by atoms with van der Waals surface area (Å²) in [7, 11) is 0. The Kier molecular flexibility index (Phi) is 4.58. The molecule has 0 unspecified atom stereocenters. The summed E-state index contributed by atoms with van der Waals surface area (Å²) < 4.78 is 0. The normalized spacial score (nSPS) is 10.2. The summed E-state index contributed by atoms with van der Waals surface area (Å²) in [5, 5.41) is 12.4. The number of H-pyrrole nitrogens is 1. The van der Waals surface area contributed by atoms with E-state index in [0.717, 1.165) is 5.69 Å². The highest BCUT2D eigenvalue weighted by atomic mass is 35.5. The van der Waals surface area contributed by atoms with Crippen molar-refractivity contribution in [1.82, 2.24) is 10.2 Å². The summed E-state index contributed by atoms with van der Waals surface area (Å²) in [5.74, 6) is -0.440. The number of aromatic nitrogens is 2. The highest BCUT2D eigenvalue weighted by Gasteiger charge is 2.11. The van der Waals surface area contributed by atoms with E-state index >= 15 is 0 Å². The van der Waals surface area contributed by atoms with Gasteiger partial charge in [0.2, 0.25) is 0 Å². The molecule has 0 spiro atoms. The van der Waals surface area contributed by atoms with Gasteiger partial charge in [-0.05, 0) is 36.4 Å². The Bertz CT molecular complexity index is 905. The maximum absolute atomic E-state index is 12.3. The molecule has 0 aliphatic rings. The Morgan fingerprint density at radius 1 is 1.00 bits per heavy atom. The van der Waals surface area contributed by atoms with Crippen LogP contribution in [0.15, 0.2) is 65.5 Å². The highest BCUT2D eigenvalue weighted by molar-refractivity contribution is 6.31. The Balaban J connectivity index is 1.86. The van der Waals surface area contributed by atoms with Crippen molar-refractivity contribution in [3.8, 4) is 0 Å². The summed E-state index contributed by atoms with van der Waals surface area (Å²) in [4.78, 5) is 23.3.